The molecule has 227 valence electrons. The number of hydrogen-bond donors (Lipinski definition) is 0. The molecule has 6 aromatic rings. The minimum atomic E-state index is 0. The molecule has 2 aromatic heterocycles. The van der Waals surface area contributed by atoms with Crippen LogP contribution in [0.25, 0.3) is 44.5 Å². The second-order valence-electron chi connectivity index (χ2n) is 12.6. The molecule has 2 aliphatic carbocycles. The van der Waals surface area contributed by atoms with Gasteiger partial charge in [-0.15, -0.1) is 0 Å². The van der Waals surface area contributed by atoms with Gasteiger partial charge in [-0.3, -0.25) is 0 Å². The van der Waals surface area contributed by atoms with Crippen molar-refractivity contribution in [2.45, 2.75) is 89.9 Å². The summed E-state index contributed by atoms with van der Waals surface area (Å²) in [6.45, 7) is 9.11. The van der Waals surface area contributed by atoms with E-state index in [0.717, 1.165) is 22.2 Å². The maximum absolute atomic E-state index is 5.46. The van der Waals surface area contributed by atoms with Gasteiger partial charge in [0.05, 0.1) is 0 Å². The van der Waals surface area contributed by atoms with Gasteiger partial charge in [-0.2, -0.15) is 0 Å². The average molecular weight is 670 g/mol. The molecule has 2 aliphatic rings. The maximum atomic E-state index is 5.46. The molecule has 2 heterocycles. The molecule has 0 unspecified atom stereocenters. The summed E-state index contributed by atoms with van der Waals surface area (Å²) in [6, 6.07) is 26.5. The van der Waals surface area contributed by atoms with Gasteiger partial charge < -0.3 is 18.8 Å². The molecule has 8 rings (SSSR count). The third-order valence-electron chi connectivity index (χ3n) is 10.0. The van der Waals surface area contributed by atoms with Gasteiger partial charge in [0.15, 0.2) is 0 Å². The Labute approximate surface area is 291 Å². The predicted octanol–water partition coefficient (Wildman–Crippen LogP) is 11.0. The van der Waals surface area contributed by atoms with Crippen LogP contribution in [-0.2, 0) is 43.5 Å². The van der Waals surface area contributed by atoms with Crippen molar-refractivity contribution >= 4 is 22.2 Å². The van der Waals surface area contributed by atoms with Crippen LogP contribution in [0, 0.1) is 12.8 Å². The molecule has 0 N–H and O–H groups in total. The molecule has 0 fully saturated rings. The number of nitrogens with zero attached hydrogens (tertiary/aromatic N) is 2. The van der Waals surface area contributed by atoms with Crippen molar-refractivity contribution in [3.63, 3.8) is 0 Å². The summed E-state index contributed by atoms with van der Waals surface area (Å²) in [7, 11) is 0. The second-order valence-corrected chi connectivity index (χ2v) is 12.6. The molecule has 4 aromatic carbocycles. The fourth-order valence-electron chi connectivity index (χ4n) is 8.55. The Kier molecular flexibility index (Phi) is 9.19. The SMILES string of the molecule is CCCC1(CCC)c2ccccc2-c2cc3n[c-]oc3cc21.CCCC1(CCC)c2ccccc2-c2cc3n[c-]oc3cc21.[Y]. The quantitative estimate of drug-likeness (QED) is 0.151. The molecule has 0 atom stereocenters. The fraction of sp³-hybridized carbons (Fsp3) is 0.350. The molecule has 0 saturated carbocycles. The molecule has 45 heavy (non-hydrogen) atoms. The maximum Gasteiger partial charge on any atom is 0.103 e. The summed E-state index contributed by atoms with van der Waals surface area (Å²) in [6.07, 6.45) is 14.7. The molecule has 1 radical (unpaired) electrons. The molecule has 5 heteroatoms. The van der Waals surface area contributed by atoms with Crippen molar-refractivity contribution in [3.05, 3.63) is 108 Å². The number of rotatable bonds is 8. The van der Waals surface area contributed by atoms with E-state index in [1.54, 1.807) is 0 Å². The van der Waals surface area contributed by atoms with Gasteiger partial charge in [0.1, 0.15) is 12.8 Å². The number of fused-ring (bicyclic) bond motifs is 8. The van der Waals surface area contributed by atoms with Crippen molar-refractivity contribution in [1.29, 1.82) is 0 Å². The Hall–Kier alpha value is -3.08. The molecule has 0 bridgehead atoms. The Balaban J connectivity index is 0.000000155. The van der Waals surface area contributed by atoms with E-state index in [2.05, 4.69) is 123 Å². The van der Waals surface area contributed by atoms with Crippen molar-refractivity contribution in [2.75, 3.05) is 0 Å². The Morgan fingerprint density at radius 1 is 0.511 bits per heavy atom. The van der Waals surface area contributed by atoms with Crippen molar-refractivity contribution in [2.24, 2.45) is 0 Å². The zero-order valence-electron chi connectivity index (χ0n) is 26.9. The minimum Gasteiger partial charge on any atom is -0.573 e. The van der Waals surface area contributed by atoms with Crippen LogP contribution in [0.15, 0.2) is 81.6 Å². The van der Waals surface area contributed by atoms with Crippen LogP contribution in [0.3, 0.4) is 0 Å². The van der Waals surface area contributed by atoms with Crippen LogP contribution in [0.5, 0.6) is 0 Å². The van der Waals surface area contributed by atoms with Crippen LogP contribution < -0.4 is 0 Å². The largest absolute Gasteiger partial charge is 0.573 e. The van der Waals surface area contributed by atoms with E-state index < -0.39 is 0 Å². The molecule has 0 amide bonds. The van der Waals surface area contributed by atoms with E-state index in [1.165, 1.54) is 95.9 Å². The second kappa shape index (κ2) is 13.0. The number of hydrogen-bond acceptors (Lipinski definition) is 4. The zero-order chi connectivity index (χ0) is 30.3. The van der Waals surface area contributed by atoms with Gasteiger partial charge in [-0.25, -0.2) is 0 Å². The van der Waals surface area contributed by atoms with E-state index in [0.29, 0.717) is 0 Å². The van der Waals surface area contributed by atoms with Gasteiger partial charge in [0, 0.05) is 43.5 Å². The van der Waals surface area contributed by atoms with Gasteiger partial charge in [0.25, 0.3) is 0 Å². The first-order valence-corrected chi connectivity index (χ1v) is 16.4. The third-order valence-corrected chi connectivity index (χ3v) is 10.0. The number of aromatic nitrogens is 2. The third kappa shape index (κ3) is 5.04. The topological polar surface area (TPSA) is 52.1 Å². The fourth-order valence-corrected chi connectivity index (χ4v) is 8.55. The Morgan fingerprint density at radius 2 is 0.889 bits per heavy atom. The summed E-state index contributed by atoms with van der Waals surface area (Å²) < 4.78 is 10.9. The van der Waals surface area contributed by atoms with Crippen LogP contribution in [0.2, 0.25) is 0 Å². The summed E-state index contributed by atoms with van der Waals surface area (Å²) in [5.41, 5.74) is 14.9. The molecule has 0 saturated heterocycles. The van der Waals surface area contributed by atoms with E-state index >= 15 is 0 Å². The Bertz CT molecular complexity index is 1800. The van der Waals surface area contributed by atoms with E-state index in [-0.39, 0.29) is 43.5 Å². The standard InChI is InChI=1S/2C20H20NO.Y/c2*1-3-9-20(10-4-2)16-8-6-5-7-14(16)15-11-18-19(12-17(15)20)22-13-21-18;/h2*5-8,11-12H,3-4,9-10H2,1-2H3;/q2*-1;. The van der Waals surface area contributed by atoms with Crippen LogP contribution in [0.1, 0.15) is 101 Å². The van der Waals surface area contributed by atoms with Crippen molar-refractivity contribution < 1.29 is 41.5 Å². The molecule has 4 nitrogen and oxygen atoms in total. The summed E-state index contributed by atoms with van der Waals surface area (Å²) in [5.74, 6) is 0. The first-order valence-electron chi connectivity index (χ1n) is 16.4. The van der Waals surface area contributed by atoms with E-state index in [9.17, 15) is 0 Å². The van der Waals surface area contributed by atoms with Gasteiger partial charge in [-0.05, 0) is 92.4 Å². The first-order chi connectivity index (χ1) is 21.6. The summed E-state index contributed by atoms with van der Waals surface area (Å²) >= 11 is 0. The first kappa shape index (κ1) is 31.9. The molecular weight excluding hydrogens is 629 g/mol. The van der Waals surface area contributed by atoms with Crippen LogP contribution in [0.4, 0.5) is 0 Å². The van der Waals surface area contributed by atoms with Gasteiger partial charge in [-0.1, -0.05) is 126 Å². The predicted molar refractivity (Wildman–Crippen MR) is 178 cm³/mol. The van der Waals surface area contributed by atoms with Crippen molar-refractivity contribution in [1.82, 2.24) is 9.97 Å². The van der Waals surface area contributed by atoms with E-state index in [1.807, 2.05) is 0 Å². The molecule has 0 spiro atoms. The van der Waals surface area contributed by atoms with E-state index in [4.69, 9.17) is 8.83 Å². The Morgan fingerprint density at radius 3 is 1.27 bits per heavy atom. The van der Waals surface area contributed by atoms with Crippen LogP contribution >= 0.6 is 0 Å². The molecular formula is C40H40N2O2Y-2. The number of benzene rings is 4. The zero-order valence-corrected chi connectivity index (χ0v) is 29.7. The minimum absolute atomic E-state index is 0. The van der Waals surface area contributed by atoms with Gasteiger partial charge >= 0.3 is 0 Å². The van der Waals surface area contributed by atoms with Crippen molar-refractivity contribution in [3.8, 4) is 22.3 Å². The average Bonchev–Trinajstić information content (AvgIpc) is 3.81. The number of oxazole rings is 2. The summed E-state index contributed by atoms with van der Waals surface area (Å²) in [5, 5.41) is 0. The van der Waals surface area contributed by atoms with Crippen LogP contribution in [-0.4, -0.2) is 9.97 Å². The summed E-state index contributed by atoms with van der Waals surface area (Å²) in [4.78, 5) is 8.43. The normalized spacial score (nSPS) is 14.7. The van der Waals surface area contributed by atoms with Gasteiger partial charge in [0.2, 0.25) is 0 Å². The smallest absolute Gasteiger partial charge is 0.103 e. The molecule has 0 aliphatic heterocycles. The monoisotopic (exact) mass is 669 g/mol.